The minimum absolute atomic E-state index is 0.268. The predicted molar refractivity (Wildman–Crippen MR) is 107 cm³/mol. The number of carbonyl (C=O) groups is 1. The molecule has 3 aromatic carbocycles. The summed E-state index contributed by atoms with van der Waals surface area (Å²) in [4.78, 5) is 22.2. The van der Waals surface area contributed by atoms with E-state index >= 15 is 0 Å². The Labute approximate surface area is 168 Å². The zero-order valence-corrected chi connectivity index (χ0v) is 15.7. The number of benzene rings is 3. The van der Waals surface area contributed by atoms with Crippen LogP contribution in [0.25, 0.3) is 21.9 Å². The average molecular weight is 410 g/mol. The lowest BCUT2D eigenvalue weighted by Crippen LogP contribution is -2.20. The van der Waals surface area contributed by atoms with Crippen molar-refractivity contribution in [3.05, 3.63) is 70.5 Å². The molecule has 4 rings (SSSR count). The predicted octanol–water partition coefficient (Wildman–Crippen LogP) is 4.66. The molecule has 0 saturated heterocycles. The van der Waals surface area contributed by atoms with Crippen molar-refractivity contribution < 1.29 is 28.0 Å². The molecule has 4 aromatic rings. The molecule has 1 N–H and O–H groups in total. The minimum atomic E-state index is -0.932. The first-order valence-corrected chi connectivity index (χ1v) is 8.82. The molecule has 0 saturated carbocycles. The maximum Gasteiger partial charge on any atom is 0.272 e. The van der Waals surface area contributed by atoms with Crippen LogP contribution >= 0.6 is 0 Å². The van der Waals surface area contributed by atoms with Gasteiger partial charge in [-0.1, -0.05) is 18.2 Å². The molecule has 0 aliphatic heterocycles. The number of non-ortho nitro benzene ring substituents is 1. The molecule has 0 atom stereocenters. The van der Waals surface area contributed by atoms with Gasteiger partial charge >= 0.3 is 0 Å². The second-order valence-electron chi connectivity index (χ2n) is 6.36. The fourth-order valence-corrected chi connectivity index (χ4v) is 3.07. The van der Waals surface area contributed by atoms with Crippen molar-refractivity contribution >= 4 is 39.2 Å². The van der Waals surface area contributed by atoms with Crippen LogP contribution in [0.2, 0.25) is 0 Å². The van der Waals surface area contributed by atoms with E-state index in [0.717, 1.165) is 29.0 Å². The first-order chi connectivity index (χ1) is 14.5. The second kappa shape index (κ2) is 7.70. The number of halogens is 1. The van der Waals surface area contributed by atoms with E-state index in [4.69, 9.17) is 13.9 Å². The summed E-state index contributed by atoms with van der Waals surface area (Å²) in [5, 5.41) is 15.1. The van der Waals surface area contributed by atoms with Gasteiger partial charge in [-0.2, -0.15) is 0 Å². The number of rotatable bonds is 6. The molecule has 0 aliphatic carbocycles. The molecule has 0 aliphatic rings. The van der Waals surface area contributed by atoms with Crippen LogP contribution in [0.5, 0.6) is 11.5 Å². The molecule has 0 fully saturated rings. The lowest BCUT2D eigenvalue weighted by Gasteiger charge is -2.11. The Hall–Kier alpha value is -4.14. The summed E-state index contributed by atoms with van der Waals surface area (Å²) in [6.45, 7) is -0.504. The van der Waals surface area contributed by atoms with Crippen molar-refractivity contribution in [3.63, 3.8) is 0 Å². The number of nitro benzene ring substituents is 1. The van der Waals surface area contributed by atoms with Crippen molar-refractivity contribution in [1.29, 1.82) is 0 Å². The van der Waals surface area contributed by atoms with E-state index in [-0.39, 0.29) is 5.75 Å². The summed E-state index contributed by atoms with van der Waals surface area (Å²) in [7, 11) is 1.47. The number of methoxy groups -OCH3 is 1. The molecule has 30 heavy (non-hydrogen) atoms. The Morgan fingerprint density at radius 1 is 1.10 bits per heavy atom. The Kier molecular flexibility index (Phi) is 4.93. The number of para-hydroxylation sites is 1. The van der Waals surface area contributed by atoms with Crippen LogP contribution < -0.4 is 14.8 Å². The number of nitrogens with zero attached hydrogens (tertiary/aromatic N) is 1. The van der Waals surface area contributed by atoms with Gasteiger partial charge in [-0.05, 0) is 18.2 Å². The van der Waals surface area contributed by atoms with Crippen LogP contribution in [-0.4, -0.2) is 24.5 Å². The zero-order valence-electron chi connectivity index (χ0n) is 15.7. The average Bonchev–Trinajstić information content (AvgIpc) is 3.09. The number of carbonyl (C=O) groups excluding carboxylic acids is 1. The molecule has 9 heteroatoms. The molecular weight excluding hydrogens is 395 g/mol. The van der Waals surface area contributed by atoms with E-state index in [0.29, 0.717) is 22.6 Å². The Morgan fingerprint density at radius 2 is 1.90 bits per heavy atom. The molecule has 1 amide bonds. The smallest absolute Gasteiger partial charge is 0.272 e. The van der Waals surface area contributed by atoms with Gasteiger partial charge in [-0.15, -0.1) is 0 Å². The van der Waals surface area contributed by atoms with E-state index in [1.54, 1.807) is 12.1 Å². The van der Waals surface area contributed by atoms with Gasteiger partial charge in [0.1, 0.15) is 16.9 Å². The maximum atomic E-state index is 13.9. The van der Waals surface area contributed by atoms with Gasteiger partial charge in [-0.3, -0.25) is 14.9 Å². The highest BCUT2D eigenvalue weighted by atomic mass is 19.1. The number of furan rings is 1. The highest BCUT2D eigenvalue weighted by Gasteiger charge is 2.16. The van der Waals surface area contributed by atoms with E-state index in [2.05, 4.69) is 5.32 Å². The Morgan fingerprint density at radius 3 is 2.63 bits per heavy atom. The summed E-state index contributed by atoms with van der Waals surface area (Å²) >= 11 is 0. The van der Waals surface area contributed by atoms with Gasteiger partial charge in [0, 0.05) is 22.9 Å². The molecule has 0 bridgehead atoms. The highest BCUT2D eigenvalue weighted by Crippen LogP contribution is 2.36. The largest absolute Gasteiger partial charge is 0.495 e. The molecule has 152 valence electrons. The standard InChI is InChI=1S/C21H15FN2O6/c1-28-20-9-14-13-4-2-3-5-17(13)30-19(14)10-16(20)23-21(25)11-29-18-7-6-12(24(26)27)8-15(18)22/h2-10H,11H2,1H3,(H,23,25). The first kappa shape index (κ1) is 19.2. The van der Waals surface area contributed by atoms with Gasteiger partial charge in [0.15, 0.2) is 18.2 Å². The van der Waals surface area contributed by atoms with Gasteiger partial charge < -0.3 is 19.2 Å². The monoisotopic (exact) mass is 410 g/mol. The van der Waals surface area contributed by atoms with E-state index in [1.165, 1.54) is 7.11 Å². The number of nitrogens with one attached hydrogen (secondary N) is 1. The maximum absolute atomic E-state index is 13.9. The minimum Gasteiger partial charge on any atom is -0.495 e. The van der Waals surface area contributed by atoms with Gasteiger partial charge in [0.05, 0.1) is 23.8 Å². The van der Waals surface area contributed by atoms with Crippen molar-refractivity contribution in [3.8, 4) is 11.5 Å². The van der Waals surface area contributed by atoms with Crippen molar-refractivity contribution in [2.24, 2.45) is 0 Å². The number of hydrogen-bond acceptors (Lipinski definition) is 6. The van der Waals surface area contributed by atoms with Gasteiger partial charge in [0.2, 0.25) is 0 Å². The fourth-order valence-electron chi connectivity index (χ4n) is 3.07. The number of nitro groups is 1. The lowest BCUT2D eigenvalue weighted by atomic mass is 10.1. The Balaban J connectivity index is 1.52. The Bertz CT molecular complexity index is 1280. The van der Waals surface area contributed by atoms with Crippen LogP contribution in [0.15, 0.2) is 59.0 Å². The lowest BCUT2D eigenvalue weighted by molar-refractivity contribution is -0.385. The molecule has 1 heterocycles. The topological polar surface area (TPSA) is 104 Å². The van der Waals surface area contributed by atoms with Crippen LogP contribution in [0.1, 0.15) is 0 Å². The summed E-state index contributed by atoms with van der Waals surface area (Å²) in [6.07, 6.45) is 0. The van der Waals surface area contributed by atoms with Crippen molar-refractivity contribution in [2.75, 3.05) is 19.0 Å². The normalized spacial score (nSPS) is 10.9. The number of hydrogen-bond donors (Lipinski definition) is 1. The van der Waals surface area contributed by atoms with Crippen LogP contribution in [0, 0.1) is 15.9 Å². The number of anilines is 1. The van der Waals surface area contributed by atoms with Crippen LogP contribution in [-0.2, 0) is 4.79 Å². The SMILES string of the molecule is COc1cc2c(cc1NC(=O)COc1ccc([N+](=O)[O-])cc1F)oc1ccccc12. The first-order valence-electron chi connectivity index (χ1n) is 8.82. The zero-order chi connectivity index (χ0) is 21.3. The molecule has 0 spiro atoms. The number of amides is 1. The van der Waals surface area contributed by atoms with E-state index in [1.807, 2.05) is 24.3 Å². The van der Waals surface area contributed by atoms with Crippen LogP contribution in [0.3, 0.4) is 0 Å². The third-order valence-electron chi connectivity index (χ3n) is 4.46. The fraction of sp³-hybridized carbons (Fsp3) is 0.0952. The summed E-state index contributed by atoms with van der Waals surface area (Å²) in [5.41, 5.74) is 1.22. The number of ether oxygens (including phenoxy) is 2. The summed E-state index contributed by atoms with van der Waals surface area (Å²) in [6, 6.07) is 13.8. The van der Waals surface area contributed by atoms with E-state index in [9.17, 15) is 19.3 Å². The summed E-state index contributed by atoms with van der Waals surface area (Å²) in [5.74, 6) is -1.35. The van der Waals surface area contributed by atoms with Crippen molar-refractivity contribution in [2.45, 2.75) is 0 Å². The third kappa shape index (κ3) is 3.60. The molecule has 0 unspecified atom stereocenters. The van der Waals surface area contributed by atoms with E-state index < -0.39 is 28.9 Å². The highest BCUT2D eigenvalue weighted by molar-refractivity contribution is 6.07. The summed E-state index contributed by atoms with van der Waals surface area (Å²) < 4.78 is 30.2. The molecular formula is C21H15FN2O6. The van der Waals surface area contributed by atoms with Gasteiger partial charge in [-0.25, -0.2) is 4.39 Å². The third-order valence-corrected chi connectivity index (χ3v) is 4.46. The van der Waals surface area contributed by atoms with Crippen LogP contribution in [0.4, 0.5) is 15.8 Å². The quantitative estimate of drug-likeness (QED) is 0.366. The molecule has 8 nitrogen and oxygen atoms in total. The molecule has 0 radical (unpaired) electrons. The van der Waals surface area contributed by atoms with Crippen molar-refractivity contribution in [1.82, 2.24) is 0 Å². The molecule has 1 aromatic heterocycles. The van der Waals surface area contributed by atoms with Gasteiger partial charge in [0.25, 0.3) is 11.6 Å². The number of fused-ring (bicyclic) bond motifs is 3. The second-order valence-corrected chi connectivity index (χ2v) is 6.36.